The molecule has 0 saturated carbocycles. The number of hydrogen-bond donors (Lipinski definition) is 1. The average Bonchev–Trinajstić information content (AvgIpc) is 2.93. The quantitative estimate of drug-likeness (QED) is 0.878. The third kappa shape index (κ3) is 3.29. The second-order valence-corrected chi connectivity index (χ2v) is 8.52. The molecule has 0 aliphatic rings. The minimum Gasteiger partial charge on any atom is -0.326 e. The second kappa shape index (κ2) is 6.07. The molecule has 2 N–H and O–H groups in total. The van der Waals surface area contributed by atoms with Crippen molar-refractivity contribution in [1.29, 1.82) is 0 Å². The Labute approximate surface area is 129 Å². The topological polar surface area (TPSA) is 99.2 Å². The van der Waals surface area contributed by atoms with Gasteiger partial charge in [-0.2, -0.15) is 0 Å². The van der Waals surface area contributed by atoms with Gasteiger partial charge in [0.25, 0.3) is 10.0 Å². The van der Waals surface area contributed by atoms with Crippen molar-refractivity contribution in [3.8, 4) is 0 Å². The Morgan fingerprint density at radius 1 is 1.09 bits per heavy atom. The van der Waals surface area contributed by atoms with Crippen molar-refractivity contribution >= 4 is 25.9 Å². The molecular formula is C14H16N2O4S2. The Morgan fingerprint density at radius 3 is 2.27 bits per heavy atom. The van der Waals surface area contributed by atoms with Crippen LogP contribution in [0.2, 0.25) is 0 Å². The van der Waals surface area contributed by atoms with Crippen LogP contribution >= 0.6 is 0 Å². The number of hydrogen-bond acceptors (Lipinski definition) is 5. The van der Waals surface area contributed by atoms with Gasteiger partial charge in [-0.15, -0.1) is 0 Å². The smallest absolute Gasteiger partial charge is 0.268 e. The summed E-state index contributed by atoms with van der Waals surface area (Å²) in [5.41, 5.74) is 5.67. The van der Waals surface area contributed by atoms with E-state index in [1.807, 2.05) is 0 Å². The largest absolute Gasteiger partial charge is 0.326 e. The van der Waals surface area contributed by atoms with E-state index in [-0.39, 0.29) is 22.0 Å². The fraction of sp³-hybridized carbons (Fsp3) is 0.143. The lowest BCUT2D eigenvalue weighted by molar-refractivity contribution is 0.587. The SMILES string of the molecule is CS(=O)(=O)/C(=C/c1cccn1S(=O)(=O)c1ccccc1)CN. The average molecular weight is 340 g/mol. The maximum Gasteiger partial charge on any atom is 0.268 e. The first-order valence-corrected chi connectivity index (χ1v) is 9.68. The Hall–Kier alpha value is -1.90. The highest BCUT2D eigenvalue weighted by Gasteiger charge is 2.19. The fourth-order valence-corrected chi connectivity index (χ4v) is 3.89. The van der Waals surface area contributed by atoms with Crippen molar-refractivity contribution in [1.82, 2.24) is 3.97 Å². The first-order valence-electron chi connectivity index (χ1n) is 6.35. The Balaban J connectivity index is 2.58. The van der Waals surface area contributed by atoms with E-state index >= 15 is 0 Å². The number of nitrogens with two attached hydrogens (primary N) is 1. The Kier molecular flexibility index (Phi) is 4.55. The maximum absolute atomic E-state index is 12.6. The summed E-state index contributed by atoms with van der Waals surface area (Å²) in [6, 6.07) is 10.9. The Morgan fingerprint density at radius 2 is 1.73 bits per heavy atom. The number of benzene rings is 1. The minimum absolute atomic E-state index is 0.0317. The molecule has 0 spiro atoms. The highest BCUT2D eigenvalue weighted by molar-refractivity contribution is 7.94. The van der Waals surface area contributed by atoms with Gasteiger partial charge in [0.15, 0.2) is 9.84 Å². The van der Waals surface area contributed by atoms with Crippen LogP contribution in [0.1, 0.15) is 5.69 Å². The van der Waals surface area contributed by atoms with Gasteiger partial charge in [0.1, 0.15) is 0 Å². The van der Waals surface area contributed by atoms with Crippen LogP contribution in [0.4, 0.5) is 0 Å². The molecule has 0 bridgehead atoms. The van der Waals surface area contributed by atoms with E-state index in [4.69, 9.17) is 5.73 Å². The van der Waals surface area contributed by atoms with Gasteiger partial charge in [-0.05, 0) is 30.3 Å². The van der Waals surface area contributed by atoms with Crippen LogP contribution in [0.15, 0.2) is 58.5 Å². The van der Waals surface area contributed by atoms with Gasteiger partial charge in [-0.25, -0.2) is 20.8 Å². The molecule has 0 aliphatic heterocycles. The van der Waals surface area contributed by atoms with Crippen molar-refractivity contribution in [2.75, 3.05) is 12.8 Å². The molecule has 0 fully saturated rings. The first-order chi connectivity index (χ1) is 10.3. The van der Waals surface area contributed by atoms with Crippen molar-refractivity contribution in [2.24, 2.45) is 5.73 Å². The summed E-state index contributed by atoms with van der Waals surface area (Å²) in [5.74, 6) is 0. The summed E-state index contributed by atoms with van der Waals surface area (Å²) in [4.78, 5) is 0.0882. The molecule has 0 amide bonds. The van der Waals surface area contributed by atoms with Gasteiger partial charge < -0.3 is 5.73 Å². The van der Waals surface area contributed by atoms with Gasteiger partial charge >= 0.3 is 0 Å². The molecule has 0 atom stereocenters. The molecule has 2 rings (SSSR count). The number of rotatable bonds is 5. The molecule has 22 heavy (non-hydrogen) atoms. The van der Waals surface area contributed by atoms with Crippen LogP contribution < -0.4 is 5.73 Å². The molecule has 8 heteroatoms. The van der Waals surface area contributed by atoms with Gasteiger partial charge in [0.05, 0.1) is 15.5 Å². The van der Waals surface area contributed by atoms with Crippen LogP contribution in [0, 0.1) is 0 Å². The third-order valence-electron chi connectivity index (χ3n) is 3.03. The van der Waals surface area contributed by atoms with Crippen LogP contribution in [-0.4, -0.2) is 33.6 Å². The molecule has 1 heterocycles. The zero-order valence-electron chi connectivity index (χ0n) is 11.9. The number of nitrogens with zero attached hydrogens (tertiary/aromatic N) is 1. The van der Waals surface area contributed by atoms with E-state index in [1.165, 1.54) is 36.5 Å². The van der Waals surface area contributed by atoms with Gasteiger partial charge in [0.2, 0.25) is 0 Å². The summed E-state index contributed by atoms with van der Waals surface area (Å²) in [7, 11) is -7.28. The Bertz CT molecular complexity index is 895. The van der Waals surface area contributed by atoms with Crippen molar-refractivity contribution in [3.05, 3.63) is 59.3 Å². The van der Waals surface area contributed by atoms with Gasteiger partial charge in [-0.1, -0.05) is 18.2 Å². The van der Waals surface area contributed by atoms with E-state index in [0.29, 0.717) is 0 Å². The van der Waals surface area contributed by atoms with E-state index < -0.39 is 19.9 Å². The first kappa shape index (κ1) is 16.5. The summed E-state index contributed by atoms with van der Waals surface area (Å²) < 4.78 is 49.4. The molecule has 2 aromatic rings. The van der Waals surface area contributed by atoms with E-state index in [9.17, 15) is 16.8 Å². The van der Waals surface area contributed by atoms with Crippen molar-refractivity contribution in [3.63, 3.8) is 0 Å². The predicted octanol–water partition coefficient (Wildman–Crippen LogP) is 1.07. The predicted molar refractivity (Wildman–Crippen MR) is 85.3 cm³/mol. The van der Waals surface area contributed by atoms with Crippen molar-refractivity contribution < 1.29 is 16.8 Å². The van der Waals surface area contributed by atoms with E-state index in [1.54, 1.807) is 18.2 Å². The summed E-state index contributed by atoms with van der Waals surface area (Å²) >= 11 is 0. The highest BCUT2D eigenvalue weighted by atomic mass is 32.2. The summed E-state index contributed by atoms with van der Waals surface area (Å²) in [6.07, 6.45) is 3.67. The fourth-order valence-electron chi connectivity index (χ4n) is 1.90. The van der Waals surface area contributed by atoms with Gasteiger partial charge in [-0.3, -0.25) is 0 Å². The molecule has 118 valence electrons. The maximum atomic E-state index is 12.6. The van der Waals surface area contributed by atoms with E-state index in [0.717, 1.165) is 10.2 Å². The van der Waals surface area contributed by atoms with Crippen LogP contribution in [0.25, 0.3) is 6.08 Å². The number of sulfone groups is 1. The molecule has 0 unspecified atom stereocenters. The van der Waals surface area contributed by atoms with E-state index in [2.05, 4.69) is 0 Å². The monoisotopic (exact) mass is 340 g/mol. The lowest BCUT2D eigenvalue weighted by atomic mass is 10.4. The lowest BCUT2D eigenvalue weighted by Crippen LogP contribution is -2.15. The lowest BCUT2D eigenvalue weighted by Gasteiger charge is -2.09. The third-order valence-corrected chi connectivity index (χ3v) is 5.98. The normalized spacial score (nSPS) is 13.3. The molecule has 6 nitrogen and oxygen atoms in total. The zero-order chi connectivity index (χ0) is 16.4. The number of aromatic nitrogens is 1. The molecule has 1 aromatic carbocycles. The summed E-state index contributed by atoms with van der Waals surface area (Å²) in [5, 5.41) is 0. The zero-order valence-corrected chi connectivity index (χ0v) is 13.5. The molecule has 0 saturated heterocycles. The summed E-state index contributed by atoms with van der Waals surface area (Å²) in [6.45, 7) is -0.199. The van der Waals surface area contributed by atoms with Crippen LogP contribution in [-0.2, 0) is 19.9 Å². The standard InChI is InChI=1S/C14H16N2O4S2/c1-21(17,18)14(11-15)10-12-6-5-9-16(12)22(19,20)13-7-3-2-4-8-13/h2-10H,11,15H2,1H3/b14-10+. The highest BCUT2D eigenvalue weighted by Crippen LogP contribution is 2.19. The van der Waals surface area contributed by atoms with Crippen LogP contribution in [0.3, 0.4) is 0 Å². The minimum atomic E-state index is -3.79. The van der Waals surface area contributed by atoms with Crippen molar-refractivity contribution in [2.45, 2.75) is 4.90 Å². The second-order valence-electron chi connectivity index (χ2n) is 4.63. The molecular weight excluding hydrogens is 324 g/mol. The van der Waals surface area contributed by atoms with Crippen LogP contribution in [0.5, 0.6) is 0 Å². The molecule has 0 radical (unpaired) electrons. The molecule has 0 aliphatic carbocycles. The molecule has 1 aromatic heterocycles. The van der Waals surface area contributed by atoms with Gasteiger partial charge in [0, 0.05) is 19.0 Å².